The van der Waals surface area contributed by atoms with Gasteiger partial charge in [-0.1, -0.05) is 24.6 Å². The van der Waals surface area contributed by atoms with Crippen LogP contribution in [0.2, 0.25) is 5.02 Å². The van der Waals surface area contributed by atoms with Crippen LogP contribution in [0.25, 0.3) is 0 Å². The van der Waals surface area contributed by atoms with Gasteiger partial charge in [0, 0.05) is 17.1 Å². The molecule has 4 nitrogen and oxygen atoms in total. The third kappa shape index (κ3) is 3.58. The first-order chi connectivity index (χ1) is 10.7. The largest absolute Gasteiger partial charge is 0.376 e. The van der Waals surface area contributed by atoms with Crippen LogP contribution >= 0.6 is 11.6 Å². The van der Waals surface area contributed by atoms with Crippen LogP contribution in [0.15, 0.2) is 21.7 Å². The summed E-state index contributed by atoms with van der Waals surface area (Å²) < 4.78 is 0. The maximum Gasteiger partial charge on any atom is 0.253 e. The standard InChI is InChI=1S/C18H23ClN2O2/c1-6-18(4,5)21-15-14(16(22)17(15)23)20-9-12-11(3)7-10(2)8-13(12)19/h7-8,20-21H,6,9H2,1-5H3. The fourth-order valence-electron chi connectivity index (χ4n) is 2.45. The maximum absolute atomic E-state index is 11.8. The lowest BCUT2D eigenvalue weighted by molar-refractivity contribution is 0.546. The lowest BCUT2D eigenvalue weighted by Crippen LogP contribution is -2.42. The van der Waals surface area contributed by atoms with Crippen molar-refractivity contribution in [3.63, 3.8) is 0 Å². The van der Waals surface area contributed by atoms with Crippen molar-refractivity contribution < 1.29 is 0 Å². The second-order valence-corrected chi connectivity index (χ2v) is 7.07. The van der Waals surface area contributed by atoms with Crippen LogP contribution in [0.4, 0.5) is 11.4 Å². The predicted molar refractivity (Wildman–Crippen MR) is 97.6 cm³/mol. The molecule has 2 aromatic carbocycles. The quantitative estimate of drug-likeness (QED) is 0.790. The normalized spacial score (nSPS) is 11.7. The first kappa shape index (κ1) is 17.5. The van der Waals surface area contributed by atoms with Crippen molar-refractivity contribution in [2.24, 2.45) is 0 Å². The molecule has 0 atom stereocenters. The van der Waals surface area contributed by atoms with Crippen LogP contribution in [0, 0.1) is 13.8 Å². The molecule has 2 N–H and O–H groups in total. The van der Waals surface area contributed by atoms with Gasteiger partial charge in [-0.3, -0.25) is 9.59 Å². The van der Waals surface area contributed by atoms with Crippen LogP contribution in [0.3, 0.4) is 0 Å². The highest BCUT2D eigenvalue weighted by Gasteiger charge is 2.26. The molecule has 0 fully saturated rings. The first-order valence-electron chi connectivity index (χ1n) is 7.77. The highest BCUT2D eigenvalue weighted by atomic mass is 35.5. The SMILES string of the molecule is CCC(C)(C)Nc1c(NCc2c(C)cc(C)cc2Cl)c(=O)c1=O. The van der Waals surface area contributed by atoms with Crippen molar-refractivity contribution in [1.29, 1.82) is 0 Å². The van der Waals surface area contributed by atoms with Gasteiger partial charge in [0.2, 0.25) is 0 Å². The number of anilines is 2. The summed E-state index contributed by atoms with van der Waals surface area (Å²) in [5.41, 5.74) is 2.65. The summed E-state index contributed by atoms with van der Waals surface area (Å²) >= 11 is 6.29. The molecule has 0 saturated carbocycles. The fourth-order valence-corrected chi connectivity index (χ4v) is 2.84. The van der Waals surface area contributed by atoms with Gasteiger partial charge < -0.3 is 10.6 Å². The minimum atomic E-state index is -0.472. The Kier molecular flexibility index (Phi) is 4.85. The zero-order valence-corrected chi connectivity index (χ0v) is 15.0. The van der Waals surface area contributed by atoms with E-state index in [-0.39, 0.29) is 5.54 Å². The van der Waals surface area contributed by atoms with Crippen molar-refractivity contribution >= 4 is 23.0 Å². The van der Waals surface area contributed by atoms with Crippen LogP contribution in [0.1, 0.15) is 43.9 Å². The molecule has 0 saturated heterocycles. The lowest BCUT2D eigenvalue weighted by atomic mass is 10.00. The molecule has 0 amide bonds. The summed E-state index contributed by atoms with van der Waals surface area (Å²) in [6.07, 6.45) is 0.841. The molecular formula is C18H23ClN2O2. The lowest BCUT2D eigenvalue weighted by Gasteiger charge is -2.28. The monoisotopic (exact) mass is 334 g/mol. The molecule has 124 valence electrons. The Labute approximate surface area is 141 Å². The fraction of sp³-hybridized carbons (Fsp3) is 0.444. The van der Waals surface area contributed by atoms with Gasteiger partial charge in [0.1, 0.15) is 11.4 Å². The number of nitrogens with one attached hydrogen (secondary N) is 2. The third-order valence-electron chi connectivity index (χ3n) is 4.26. The van der Waals surface area contributed by atoms with Gasteiger partial charge in [0.05, 0.1) is 0 Å². The molecule has 2 aromatic rings. The van der Waals surface area contributed by atoms with E-state index in [0.717, 1.165) is 23.1 Å². The van der Waals surface area contributed by atoms with E-state index < -0.39 is 10.9 Å². The molecule has 0 radical (unpaired) electrons. The van der Waals surface area contributed by atoms with E-state index in [2.05, 4.69) is 10.6 Å². The van der Waals surface area contributed by atoms with E-state index in [1.54, 1.807) is 0 Å². The number of benzene rings is 1. The average Bonchev–Trinajstić information content (AvgIpc) is 2.47. The van der Waals surface area contributed by atoms with Crippen molar-refractivity contribution in [2.75, 3.05) is 10.6 Å². The van der Waals surface area contributed by atoms with E-state index in [1.807, 2.05) is 46.8 Å². The Morgan fingerprint density at radius 3 is 2.26 bits per heavy atom. The molecule has 0 heterocycles. The Bertz CT molecular complexity index is 779. The van der Waals surface area contributed by atoms with E-state index in [4.69, 9.17) is 11.6 Å². The van der Waals surface area contributed by atoms with E-state index in [1.165, 1.54) is 0 Å². The molecule has 0 aliphatic carbocycles. The summed E-state index contributed by atoms with van der Waals surface area (Å²) in [6, 6.07) is 3.94. The molecule has 0 aliphatic heterocycles. The number of rotatable bonds is 6. The molecular weight excluding hydrogens is 312 g/mol. The van der Waals surface area contributed by atoms with Crippen molar-refractivity contribution in [2.45, 2.75) is 53.1 Å². The van der Waals surface area contributed by atoms with Crippen LogP contribution < -0.4 is 21.5 Å². The Balaban J connectivity index is 2.22. The molecule has 0 bridgehead atoms. The Morgan fingerprint density at radius 1 is 1.09 bits per heavy atom. The number of aryl methyl sites for hydroxylation is 2. The summed E-state index contributed by atoms with van der Waals surface area (Å²) in [6.45, 7) is 10.4. The van der Waals surface area contributed by atoms with E-state index in [0.29, 0.717) is 22.9 Å². The molecule has 0 spiro atoms. The van der Waals surface area contributed by atoms with Gasteiger partial charge in [-0.05, 0) is 56.9 Å². The maximum atomic E-state index is 11.8. The molecule has 0 aliphatic rings. The summed E-state index contributed by atoms with van der Waals surface area (Å²) in [7, 11) is 0. The molecule has 0 unspecified atom stereocenters. The highest BCUT2D eigenvalue weighted by molar-refractivity contribution is 6.31. The molecule has 23 heavy (non-hydrogen) atoms. The van der Waals surface area contributed by atoms with Gasteiger partial charge in [0.25, 0.3) is 10.9 Å². The van der Waals surface area contributed by atoms with E-state index >= 15 is 0 Å². The summed E-state index contributed by atoms with van der Waals surface area (Å²) in [4.78, 5) is 23.7. The van der Waals surface area contributed by atoms with Gasteiger partial charge in [-0.2, -0.15) is 0 Å². The highest BCUT2D eigenvalue weighted by Crippen LogP contribution is 2.25. The van der Waals surface area contributed by atoms with Gasteiger partial charge in [-0.25, -0.2) is 0 Å². The second kappa shape index (κ2) is 6.36. The zero-order valence-electron chi connectivity index (χ0n) is 14.3. The van der Waals surface area contributed by atoms with Crippen molar-refractivity contribution in [3.05, 3.63) is 54.3 Å². The van der Waals surface area contributed by atoms with Gasteiger partial charge in [0.15, 0.2) is 0 Å². The number of hydrogen-bond donors (Lipinski definition) is 2. The Morgan fingerprint density at radius 2 is 1.70 bits per heavy atom. The summed E-state index contributed by atoms with van der Waals surface area (Å²) in [5.74, 6) is 0. The minimum Gasteiger partial charge on any atom is -0.376 e. The Hall–Kier alpha value is -1.81. The van der Waals surface area contributed by atoms with Crippen LogP contribution in [-0.2, 0) is 6.54 Å². The summed E-state index contributed by atoms with van der Waals surface area (Å²) in [5, 5.41) is 6.90. The second-order valence-electron chi connectivity index (χ2n) is 6.67. The van der Waals surface area contributed by atoms with Crippen LogP contribution in [-0.4, -0.2) is 5.54 Å². The van der Waals surface area contributed by atoms with Crippen molar-refractivity contribution in [1.82, 2.24) is 0 Å². The zero-order chi connectivity index (χ0) is 17.4. The van der Waals surface area contributed by atoms with Gasteiger partial charge >= 0.3 is 0 Å². The smallest absolute Gasteiger partial charge is 0.253 e. The van der Waals surface area contributed by atoms with E-state index in [9.17, 15) is 9.59 Å². The average molecular weight is 335 g/mol. The predicted octanol–water partition coefficient (Wildman–Crippen LogP) is 3.77. The minimum absolute atomic E-state index is 0.240. The third-order valence-corrected chi connectivity index (χ3v) is 4.60. The number of hydrogen-bond acceptors (Lipinski definition) is 4. The molecule has 0 aromatic heterocycles. The molecule has 2 rings (SSSR count). The topological polar surface area (TPSA) is 58.2 Å². The molecule has 5 heteroatoms. The van der Waals surface area contributed by atoms with Crippen molar-refractivity contribution in [3.8, 4) is 0 Å². The van der Waals surface area contributed by atoms with Crippen LogP contribution in [0.5, 0.6) is 0 Å². The van der Waals surface area contributed by atoms with Gasteiger partial charge in [-0.15, -0.1) is 0 Å². The number of halogens is 1. The first-order valence-corrected chi connectivity index (χ1v) is 8.15.